The molecule has 1 aliphatic carbocycles. The van der Waals surface area contributed by atoms with Crippen molar-refractivity contribution in [3.05, 3.63) is 0 Å². The topological polar surface area (TPSA) is 18.5 Å². The van der Waals surface area contributed by atoms with E-state index in [1.165, 1.54) is 77.9 Å². The molecule has 0 bridgehead atoms. The first-order valence-corrected chi connectivity index (χ1v) is 8.48. The highest BCUT2D eigenvalue weighted by atomic mass is 35.5. The predicted octanol–water partition coefficient (Wildman–Crippen LogP) is 2.21. The summed E-state index contributed by atoms with van der Waals surface area (Å²) in [5, 5.41) is 3.46. The first-order valence-electron chi connectivity index (χ1n) is 8.48. The maximum Gasteiger partial charge on any atom is 0.0236 e. The van der Waals surface area contributed by atoms with Gasteiger partial charge in [0.25, 0.3) is 0 Å². The summed E-state index contributed by atoms with van der Waals surface area (Å²) in [6, 6.07) is 0.850. The molecule has 2 aliphatic heterocycles. The van der Waals surface area contributed by atoms with Gasteiger partial charge in [0, 0.05) is 45.3 Å². The highest BCUT2D eigenvalue weighted by Gasteiger charge is 2.30. The van der Waals surface area contributed by atoms with Crippen LogP contribution in [0.5, 0.6) is 0 Å². The molecule has 0 aromatic carbocycles. The van der Waals surface area contributed by atoms with Gasteiger partial charge in [0.05, 0.1) is 0 Å². The van der Waals surface area contributed by atoms with Crippen molar-refractivity contribution in [1.82, 2.24) is 15.1 Å². The monoisotopic (exact) mass is 301 g/mol. The molecule has 2 saturated heterocycles. The fourth-order valence-corrected chi connectivity index (χ4v) is 4.41. The minimum Gasteiger partial charge on any atom is -0.314 e. The van der Waals surface area contributed by atoms with Crippen molar-refractivity contribution in [3.63, 3.8) is 0 Å². The summed E-state index contributed by atoms with van der Waals surface area (Å²) in [6.07, 6.45) is 7.32. The molecule has 1 N–H and O–H groups in total. The van der Waals surface area contributed by atoms with E-state index in [9.17, 15) is 0 Å². The van der Waals surface area contributed by atoms with Gasteiger partial charge in [-0.05, 0) is 37.6 Å². The Bertz CT molecular complexity index is 281. The summed E-state index contributed by atoms with van der Waals surface area (Å²) < 4.78 is 0. The summed E-state index contributed by atoms with van der Waals surface area (Å²) in [5.41, 5.74) is 0. The van der Waals surface area contributed by atoms with Gasteiger partial charge in [-0.1, -0.05) is 19.8 Å². The van der Waals surface area contributed by atoms with Gasteiger partial charge in [-0.3, -0.25) is 4.90 Å². The van der Waals surface area contributed by atoms with Crippen molar-refractivity contribution in [2.75, 3.05) is 45.8 Å². The fourth-order valence-electron chi connectivity index (χ4n) is 4.41. The molecule has 3 atom stereocenters. The molecule has 0 aromatic heterocycles. The van der Waals surface area contributed by atoms with Crippen LogP contribution < -0.4 is 5.32 Å². The van der Waals surface area contributed by atoms with E-state index in [0.717, 1.165) is 17.9 Å². The third-order valence-corrected chi connectivity index (χ3v) is 5.48. The van der Waals surface area contributed by atoms with E-state index in [0.29, 0.717) is 0 Å². The maximum absolute atomic E-state index is 3.46. The van der Waals surface area contributed by atoms with Crippen LogP contribution in [0.15, 0.2) is 0 Å². The average molecular weight is 302 g/mol. The van der Waals surface area contributed by atoms with Crippen molar-refractivity contribution in [1.29, 1.82) is 0 Å². The first-order chi connectivity index (χ1) is 9.31. The van der Waals surface area contributed by atoms with Crippen molar-refractivity contribution < 1.29 is 0 Å². The van der Waals surface area contributed by atoms with E-state index in [1.807, 2.05) is 0 Å². The summed E-state index contributed by atoms with van der Waals surface area (Å²) in [7, 11) is 0. The Labute approximate surface area is 130 Å². The van der Waals surface area contributed by atoms with Gasteiger partial charge in [-0.2, -0.15) is 0 Å². The highest BCUT2D eigenvalue weighted by Crippen LogP contribution is 2.30. The molecule has 3 rings (SSSR count). The maximum atomic E-state index is 3.46. The lowest BCUT2D eigenvalue weighted by Gasteiger charge is -2.33. The van der Waals surface area contributed by atoms with Crippen LogP contribution in [0.4, 0.5) is 0 Å². The molecule has 1 saturated carbocycles. The summed E-state index contributed by atoms with van der Waals surface area (Å²) >= 11 is 0. The Hall–Kier alpha value is 0.170. The van der Waals surface area contributed by atoms with Gasteiger partial charge in [0.2, 0.25) is 0 Å². The molecule has 20 heavy (non-hydrogen) atoms. The molecule has 3 nitrogen and oxygen atoms in total. The Morgan fingerprint density at radius 2 is 1.85 bits per heavy atom. The van der Waals surface area contributed by atoms with E-state index >= 15 is 0 Å². The van der Waals surface area contributed by atoms with Crippen LogP contribution in [0.3, 0.4) is 0 Å². The second kappa shape index (κ2) is 7.98. The second-order valence-electron chi connectivity index (χ2n) is 7.13. The van der Waals surface area contributed by atoms with Gasteiger partial charge < -0.3 is 10.2 Å². The zero-order chi connectivity index (χ0) is 13.1. The number of hydrogen-bond acceptors (Lipinski definition) is 3. The number of likely N-dealkylation sites (tertiary alicyclic amines) is 1. The minimum absolute atomic E-state index is 0. The standard InChI is InChI=1S/C16H31N3.ClH/c1-14-3-2-4-15(11-14)12-18-8-5-16(13-18)19-9-6-17-7-10-19;/h14-17H,2-13H2,1H3;1H. The Morgan fingerprint density at radius 1 is 1.05 bits per heavy atom. The summed E-state index contributed by atoms with van der Waals surface area (Å²) in [6.45, 7) is 11.4. The Morgan fingerprint density at radius 3 is 2.60 bits per heavy atom. The lowest BCUT2D eigenvalue weighted by atomic mass is 9.82. The van der Waals surface area contributed by atoms with E-state index < -0.39 is 0 Å². The number of halogens is 1. The molecule has 2 heterocycles. The van der Waals surface area contributed by atoms with Crippen molar-refractivity contribution in [3.8, 4) is 0 Å². The lowest BCUT2D eigenvalue weighted by molar-refractivity contribution is 0.158. The van der Waals surface area contributed by atoms with Gasteiger partial charge in [-0.25, -0.2) is 0 Å². The molecule has 0 aromatic rings. The minimum atomic E-state index is 0. The van der Waals surface area contributed by atoms with Crippen LogP contribution in [-0.4, -0.2) is 61.7 Å². The predicted molar refractivity (Wildman–Crippen MR) is 87.7 cm³/mol. The molecule has 0 spiro atoms. The van der Waals surface area contributed by atoms with E-state index in [2.05, 4.69) is 22.0 Å². The van der Waals surface area contributed by atoms with Gasteiger partial charge in [-0.15, -0.1) is 12.4 Å². The zero-order valence-corrected chi connectivity index (χ0v) is 13.8. The van der Waals surface area contributed by atoms with Crippen LogP contribution in [-0.2, 0) is 0 Å². The number of hydrogen-bond donors (Lipinski definition) is 1. The first kappa shape index (κ1) is 16.5. The molecule has 118 valence electrons. The van der Waals surface area contributed by atoms with Crippen LogP contribution in [0, 0.1) is 11.8 Å². The number of piperazine rings is 1. The molecule has 0 amide bonds. The zero-order valence-electron chi connectivity index (χ0n) is 13.0. The lowest BCUT2D eigenvalue weighted by Crippen LogP contribution is -2.49. The fraction of sp³-hybridized carbons (Fsp3) is 1.00. The molecular formula is C16H32ClN3. The number of nitrogens with one attached hydrogen (secondary N) is 1. The quantitative estimate of drug-likeness (QED) is 0.862. The largest absolute Gasteiger partial charge is 0.314 e. The Balaban J connectivity index is 0.00000147. The average Bonchev–Trinajstić information content (AvgIpc) is 2.88. The van der Waals surface area contributed by atoms with Gasteiger partial charge in [0.15, 0.2) is 0 Å². The van der Waals surface area contributed by atoms with Crippen molar-refractivity contribution in [2.24, 2.45) is 11.8 Å². The molecule has 3 fully saturated rings. The molecular weight excluding hydrogens is 270 g/mol. The number of rotatable bonds is 3. The Kier molecular flexibility index (Phi) is 6.60. The van der Waals surface area contributed by atoms with E-state index in [-0.39, 0.29) is 12.4 Å². The third-order valence-electron chi connectivity index (χ3n) is 5.48. The van der Waals surface area contributed by atoms with Gasteiger partial charge in [0.1, 0.15) is 0 Å². The van der Waals surface area contributed by atoms with Crippen molar-refractivity contribution >= 4 is 12.4 Å². The summed E-state index contributed by atoms with van der Waals surface area (Å²) in [5.74, 6) is 1.97. The molecule has 4 heteroatoms. The van der Waals surface area contributed by atoms with E-state index in [1.54, 1.807) is 0 Å². The van der Waals surface area contributed by atoms with E-state index in [4.69, 9.17) is 0 Å². The number of nitrogens with zero attached hydrogens (tertiary/aromatic N) is 2. The third kappa shape index (κ3) is 4.33. The SMILES string of the molecule is CC1CCCC(CN2CCC(N3CCNCC3)C2)C1.Cl. The van der Waals surface area contributed by atoms with Crippen LogP contribution in [0.1, 0.15) is 39.0 Å². The summed E-state index contributed by atoms with van der Waals surface area (Å²) in [4.78, 5) is 5.48. The second-order valence-corrected chi connectivity index (χ2v) is 7.13. The molecule has 3 aliphatic rings. The van der Waals surface area contributed by atoms with Crippen LogP contribution in [0.2, 0.25) is 0 Å². The van der Waals surface area contributed by atoms with Crippen LogP contribution >= 0.6 is 12.4 Å². The smallest absolute Gasteiger partial charge is 0.0236 e. The van der Waals surface area contributed by atoms with Crippen molar-refractivity contribution in [2.45, 2.75) is 45.1 Å². The van der Waals surface area contributed by atoms with Gasteiger partial charge >= 0.3 is 0 Å². The van der Waals surface area contributed by atoms with Crippen LogP contribution in [0.25, 0.3) is 0 Å². The molecule has 3 unspecified atom stereocenters. The normalized spacial score (nSPS) is 36.8. The highest BCUT2D eigenvalue weighted by molar-refractivity contribution is 5.85. The molecule has 0 radical (unpaired) electrons.